The number of aryl methyl sites for hydroxylation is 1. The highest BCUT2D eigenvalue weighted by Crippen LogP contribution is 2.21. The number of pyridine rings is 1. The standard InChI is InChI=1S/C13H15BrN4/c1-4-10-8(2)12(15-3)18-13(17-10)11-6-5-9(14)7-16-11/h5-7H,4H2,1-3H3,(H,15,17,18). The van der Waals surface area contributed by atoms with Gasteiger partial charge in [0, 0.05) is 29.0 Å². The molecule has 0 bridgehead atoms. The van der Waals surface area contributed by atoms with Crippen molar-refractivity contribution >= 4 is 21.7 Å². The first-order valence-electron chi connectivity index (χ1n) is 5.83. The van der Waals surface area contributed by atoms with Crippen molar-refractivity contribution in [3.8, 4) is 11.5 Å². The topological polar surface area (TPSA) is 50.7 Å². The van der Waals surface area contributed by atoms with Crippen molar-refractivity contribution < 1.29 is 0 Å². The Labute approximate surface area is 115 Å². The predicted octanol–water partition coefficient (Wildman–Crippen LogP) is 3.21. The highest BCUT2D eigenvalue weighted by molar-refractivity contribution is 9.10. The van der Waals surface area contributed by atoms with Gasteiger partial charge in [-0.1, -0.05) is 6.92 Å². The molecular weight excluding hydrogens is 292 g/mol. The first kappa shape index (κ1) is 13.0. The second kappa shape index (κ2) is 5.44. The third-order valence-electron chi connectivity index (χ3n) is 2.77. The monoisotopic (exact) mass is 306 g/mol. The molecule has 0 aliphatic heterocycles. The molecule has 0 saturated carbocycles. The zero-order chi connectivity index (χ0) is 13.1. The molecule has 0 aliphatic carbocycles. The van der Waals surface area contributed by atoms with Crippen molar-refractivity contribution in [2.45, 2.75) is 20.3 Å². The normalized spacial score (nSPS) is 10.4. The largest absolute Gasteiger partial charge is 0.373 e. The molecule has 0 spiro atoms. The number of anilines is 1. The van der Waals surface area contributed by atoms with Gasteiger partial charge in [0.15, 0.2) is 5.82 Å². The molecule has 4 nitrogen and oxygen atoms in total. The second-order valence-corrected chi connectivity index (χ2v) is 4.85. The molecule has 2 aromatic heterocycles. The summed E-state index contributed by atoms with van der Waals surface area (Å²) >= 11 is 3.37. The lowest BCUT2D eigenvalue weighted by atomic mass is 10.2. The summed E-state index contributed by atoms with van der Waals surface area (Å²) in [5, 5.41) is 3.10. The van der Waals surface area contributed by atoms with Gasteiger partial charge in [-0.25, -0.2) is 9.97 Å². The minimum Gasteiger partial charge on any atom is -0.373 e. The maximum atomic E-state index is 4.57. The average Bonchev–Trinajstić information content (AvgIpc) is 2.40. The van der Waals surface area contributed by atoms with E-state index in [1.165, 1.54) is 0 Å². The van der Waals surface area contributed by atoms with Crippen molar-refractivity contribution in [3.05, 3.63) is 34.1 Å². The molecule has 0 saturated heterocycles. The van der Waals surface area contributed by atoms with E-state index in [4.69, 9.17) is 0 Å². The van der Waals surface area contributed by atoms with Crippen LogP contribution in [0.2, 0.25) is 0 Å². The van der Waals surface area contributed by atoms with E-state index in [2.05, 4.69) is 43.1 Å². The van der Waals surface area contributed by atoms with Gasteiger partial charge in [0.1, 0.15) is 11.5 Å². The third kappa shape index (κ3) is 2.51. The van der Waals surface area contributed by atoms with E-state index >= 15 is 0 Å². The summed E-state index contributed by atoms with van der Waals surface area (Å²) in [6.07, 6.45) is 2.63. The molecule has 0 amide bonds. The molecule has 94 valence electrons. The molecule has 2 heterocycles. The molecule has 0 unspecified atom stereocenters. The Morgan fingerprint density at radius 3 is 2.61 bits per heavy atom. The van der Waals surface area contributed by atoms with Gasteiger partial charge in [0.2, 0.25) is 0 Å². The van der Waals surface area contributed by atoms with E-state index in [0.717, 1.165) is 33.7 Å². The van der Waals surface area contributed by atoms with Crippen molar-refractivity contribution in [2.24, 2.45) is 0 Å². The van der Waals surface area contributed by atoms with Gasteiger partial charge in [0.05, 0.1) is 0 Å². The maximum absolute atomic E-state index is 4.57. The van der Waals surface area contributed by atoms with E-state index in [1.807, 2.05) is 26.1 Å². The molecule has 5 heteroatoms. The van der Waals surface area contributed by atoms with Gasteiger partial charge in [-0.2, -0.15) is 0 Å². The van der Waals surface area contributed by atoms with Gasteiger partial charge < -0.3 is 5.32 Å². The van der Waals surface area contributed by atoms with Crippen LogP contribution in [0.3, 0.4) is 0 Å². The lowest BCUT2D eigenvalue weighted by Gasteiger charge is -2.10. The smallest absolute Gasteiger partial charge is 0.180 e. The summed E-state index contributed by atoms with van der Waals surface area (Å²) in [6.45, 7) is 4.12. The molecule has 18 heavy (non-hydrogen) atoms. The van der Waals surface area contributed by atoms with Crippen LogP contribution in [-0.2, 0) is 6.42 Å². The van der Waals surface area contributed by atoms with Crippen LogP contribution in [0, 0.1) is 6.92 Å². The highest BCUT2D eigenvalue weighted by atomic mass is 79.9. The van der Waals surface area contributed by atoms with E-state index in [0.29, 0.717) is 5.82 Å². The Bertz CT molecular complexity index is 526. The summed E-state index contributed by atoms with van der Waals surface area (Å²) in [5.74, 6) is 1.52. The van der Waals surface area contributed by atoms with Crippen molar-refractivity contribution in [1.29, 1.82) is 0 Å². The fraction of sp³-hybridized carbons (Fsp3) is 0.308. The lowest BCUT2D eigenvalue weighted by Crippen LogP contribution is -2.05. The number of halogens is 1. The lowest BCUT2D eigenvalue weighted by molar-refractivity contribution is 0.971. The van der Waals surface area contributed by atoms with Crippen LogP contribution in [0.15, 0.2) is 22.8 Å². The summed E-state index contributed by atoms with van der Waals surface area (Å²) in [5.41, 5.74) is 2.93. The van der Waals surface area contributed by atoms with E-state index < -0.39 is 0 Å². The van der Waals surface area contributed by atoms with Crippen LogP contribution >= 0.6 is 15.9 Å². The zero-order valence-electron chi connectivity index (χ0n) is 10.7. The SMILES string of the molecule is CCc1nc(-c2ccc(Br)cn2)nc(NC)c1C. The molecule has 0 atom stereocenters. The molecule has 1 N–H and O–H groups in total. The number of nitrogens with zero attached hydrogens (tertiary/aromatic N) is 3. The van der Waals surface area contributed by atoms with Crippen LogP contribution < -0.4 is 5.32 Å². The predicted molar refractivity (Wildman–Crippen MR) is 76.6 cm³/mol. The van der Waals surface area contributed by atoms with Crippen molar-refractivity contribution in [1.82, 2.24) is 15.0 Å². The van der Waals surface area contributed by atoms with Crippen molar-refractivity contribution in [3.63, 3.8) is 0 Å². The van der Waals surface area contributed by atoms with E-state index in [9.17, 15) is 0 Å². The molecule has 2 rings (SSSR count). The van der Waals surface area contributed by atoms with Crippen LogP contribution in [-0.4, -0.2) is 22.0 Å². The highest BCUT2D eigenvalue weighted by Gasteiger charge is 2.10. The number of aromatic nitrogens is 3. The van der Waals surface area contributed by atoms with Crippen LogP contribution in [0.4, 0.5) is 5.82 Å². The molecule has 0 aliphatic rings. The quantitative estimate of drug-likeness (QED) is 0.946. The first-order valence-corrected chi connectivity index (χ1v) is 6.62. The first-order chi connectivity index (χ1) is 8.65. The zero-order valence-corrected chi connectivity index (χ0v) is 12.2. The van der Waals surface area contributed by atoms with E-state index in [-0.39, 0.29) is 0 Å². The van der Waals surface area contributed by atoms with E-state index in [1.54, 1.807) is 6.20 Å². The Morgan fingerprint density at radius 2 is 2.06 bits per heavy atom. The second-order valence-electron chi connectivity index (χ2n) is 3.93. The Balaban J connectivity index is 2.54. The number of nitrogens with one attached hydrogen (secondary N) is 1. The molecule has 0 fully saturated rings. The van der Waals surface area contributed by atoms with Gasteiger partial charge in [-0.05, 0) is 41.4 Å². The van der Waals surface area contributed by atoms with Gasteiger partial charge >= 0.3 is 0 Å². The summed E-state index contributed by atoms with van der Waals surface area (Å²) in [6, 6.07) is 3.85. The van der Waals surface area contributed by atoms with Gasteiger partial charge in [0.25, 0.3) is 0 Å². The van der Waals surface area contributed by atoms with Crippen LogP contribution in [0.25, 0.3) is 11.5 Å². The van der Waals surface area contributed by atoms with Crippen LogP contribution in [0.1, 0.15) is 18.2 Å². The average molecular weight is 307 g/mol. The Kier molecular flexibility index (Phi) is 3.91. The molecule has 2 aromatic rings. The van der Waals surface area contributed by atoms with Gasteiger partial charge in [-0.15, -0.1) is 0 Å². The summed E-state index contributed by atoms with van der Waals surface area (Å²) in [7, 11) is 1.87. The maximum Gasteiger partial charge on any atom is 0.180 e. The number of hydrogen-bond donors (Lipinski definition) is 1. The fourth-order valence-corrected chi connectivity index (χ4v) is 2.01. The summed E-state index contributed by atoms with van der Waals surface area (Å²) in [4.78, 5) is 13.4. The van der Waals surface area contributed by atoms with Crippen molar-refractivity contribution in [2.75, 3.05) is 12.4 Å². The van der Waals surface area contributed by atoms with Crippen LogP contribution in [0.5, 0.6) is 0 Å². The molecule has 0 aromatic carbocycles. The minimum absolute atomic E-state index is 0.661. The minimum atomic E-state index is 0.661. The van der Waals surface area contributed by atoms with Gasteiger partial charge in [-0.3, -0.25) is 4.98 Å². The molecule has 0 radical (unpaired) electrons. The third-order valence-corrected chi connectivity index (χ3v) is 3.24. The Morgan fingerprint density at radius 1 is 1.28 bits per heavy atom. The number of hydrogen-bond acceptors (Lipinski definition) is 4. The summed E-state index contributed by atoms with van der Waals surface area (Å²) < 4.78 is 0.947. The fourth-order valence-electron chi connectivity index (χ4n) is 1.77. The molecular formula is C13H15BrN4. The number of rotatable bonds is 3. The Hall–Kier alpha value is -1.49.